The third-order valence-corrected chi connectivity index (χ3v) is 6.45. The first-order chi connectivity index (χ1) is 9.14. The molecular formula is C14H33NO3Si. The lowest BCUT2D eigenvalue weighted by Crippen LogP contribution is -2.43. The van der Waals surface area contributed by atoms with Gasteiger partial charge < -0.3 is 19.0 Å². The lowest BCUT2D eigenvalue weighted by Gasteiger charge is -2.25. The summed E-state index contributed by atoms with van der Waals surface area (Å²) in [6, 6.07) is 1.03. The highest BCUT2D eigenvalue weighted by Gasteiger charge is 2.37. The number of hydrogen-bond acceptors (Lipinski definition) is 4. The van der Waals surface area contributed by atoms with Crippen LogP contribution in [0.25, 0.3) is 0 Å². The Morgan fingerprint density at radius 2 is 1.37 bits per heavy atom. The van der Waals surface area contributed by atoms with Gasteiger partial charge in [0.25, 0.3) is 0 Å². The van der Waals surface area contributed by atoms with Gasteiger partial charge in [0.05, 0.1) is 0 Å². The molecule has 0 spiro atoms. The van der Waals surface area contributed by atoms with Gasteiger partial charge >= 0.3 is 8.80 Å². The Morgan fingerprint density at radius 3 is 1.89 bits per heavy atom. The summed E-state index contributed by atoms with van der Waals surface area (Å²) in [5.74, 6) is 0. The molecule has 0 fully saturated rings. The van der Waals surface area contributed by atoms with Gasteiger partial charge in [0.1, 0.15) is 0 Å². The second-order valence-electron chi connectivity index (χ2n) is 5.15. The largest absolute Gasteiger partial charge is 0.500 e. The Labute approximate surface area is 120 Å². The molecule has 5 heteroatoms. The highest BCUT2D eigenvalue weighted by atomic mass is 28.4. The first-order valence-corrected chi connectivity index (χ1v) is 9.48. The van der Waals surface area contributed by atoms with E-state index in [1.165, 1.54) is 38.5 Å². The quantitative estimate of drug-likeness (QED) is 0.418. The Kier molecular flexibility index (Phi) is 11.9. The SMILES string of the molecule is CCCCCCCCC(N)CC[Si](OC)(OC)OC. The third kappa shape index (κ3) is 8.76. The van der Waals surface area contributed by atoms with E-state index in [-0.39, 0.29) is 6.04 Å². The summed E-state index contributed by atoms with van der Waals surface area (Å²) in [7, 11) is 2.53. The molecular weight excluding hydrogens is 258 g/mol. The van der Waals surface area contributed by atoms with Gasteiger partial charge in [-0.15, -0.1) is 0 Å². The van der Waals surface area contributed by atoms with Gasteiger partial charge in [-0.1, -0.05) is 45.4 Å². The number of rotatable bonds is 13. The van der Waals surface area contributed by atoms with Gasteiger partial charge in [-0.3, -0.25) is 0 Å². The monoisotopic (exact) mass is 291 g/mol. The Bertz CT molecular complexity index is 193. The molecule has 0 saturated carbocycles. The van der Waals surface area contributed by atoms with Gasteiger partial charge in [-0.25, -0.2) is 0 Å². The van der Waals surface area contributed by atoms with E-state index in [1.54, 1.807) is 21.3 Å². The van der Waals surface area contributed by atoms with Crippen molar-refractivity contribution in [2.24, 2.45) is 5.73 Å². The minimum absolute atomic E-state index is 0.235. The zero-order valence-corrected chi connectivity index (χ0v) is 14.2. The van der Waals surface area contributed by atoms with Crippen molar-refractivity contribution in [3.63, 3.8) is 0 Å². The van der Waals surface area contributed by atoms with E-state index in [0.29, 0.717) is 0 Å². The molecule has 0 aliphatic carbocycles. The van der Waals surface area contributed by atoms with E-state index in [1.807, 2.05) is 0 Å². The van der Waals surface area contributed by atoms with Crippen LogP contribution in [0.3, 0.4) is 0 Å². The number of hydrogen-bond donors (Lipinski definition) is 1. The minimum atomic E-state index is -2.43. The predicted molar refractivity (Wildman–Crippen MR) is 82.2 cm³/mol. The van der Waals surface area contributed by atoms with Gasteiger partial charge in [0, 0.05) is 33.4 Å². The lowest BCUT2D eigenvalue weighted by molar-refractivity contribution is 0.122. The van der Waals surface area contributed by atoms with Crippen molar-refractivity contribution in [3.05, 3.63) is 0 Å². The van der Waals surface area contributed by atoms with Gasteiger partial charge in [-0.2, -0.15) is 0 Å². The molecule has 0 rings (SSSR count). The Morgan fingerprint density at radius 1 is 0.842 bits per heavy atom. The van der Waals surface area contributed by atoms with Gasteiger partial charge in [-0.05, 0) is 12.8 Å². The fourth-order valence-electron chi connectivity index (χ4n) is 2.25. The van der Waals surface area contributed by atoms with Crippen molar-refractivity contribution in [3.8, 4) is 0 Å². The fourth-order valence-corrected chi connectivity index (χ4v) is 4.09. The maximum absolute atomic E-state index is 6.14. The molecule has 1 unspecified atom stereocenters. The zero-order chi connectivity index (χ0) is 14.6. The highest BCUT2D eigenvalue weighted by molar-refractivity contribution is 6.60. The molecule has 0 aromatic heterocycles. The van der Waals surface area contributed by atoms with Crippen molar-refractivity contribution in [2.45, 2.75) is 70.4 Å². The number of nitrogens with two attached hydrogens (primary N) is 1. The van der Waals surface area contributed by atoms with E-state index in [4.69, 9.17) is 19.0 Å². The summed E-state index contributed by atoms with van der Waals surface area (Å²) in [5.41, 5.74) is 6.14. The highest BCUT2D eigenvalue weighted by Crippen LogP contribution is 2.18. The molecule has 0 aromatic rings. The van der Waals surface area contributed by atoms with Crippen molar-refractivity contribution in [1.82, 2.24) is 0 Å². The van der Waals surface area contributed by atoms with Crippen LogP contribution < -0.4 is 5.73 Å². The molecule has 0 heterocycles. The van der Waals surface area contributed by atoms with Crippen LogP contribution in [0.1, 0.15) is 58.3 Å². The van der Waals surface area contributed by atoms with Crippen molar-refractivity contribution >= 4 is 8.80 Å². The van der Waals surface area contributed by atoms with Crippen LogP contribution in [0.2, 0.25) is 6.04 Å². The molecule has 116 valence electrons. The summed E-state index contributed by atoms with van der Waals surface area (Å²) in [6.45, 7) is 2.24. The molecule has 0 amide bonds. The molecule has 19 heavy (non-hydrogen) atoms. The Balaban J connectivity index is 3.65. The van der Waals surface area contributed by atoms with E-state index < -0.39 is 8.80 Å². The molecule has 0 aromatic carbocycles. The van der Waals surface area contributed by atoms with Crippen LogP contribution in [0.5, 0.6) is 0 Å². The molecule has 0 bridgehead atoms. The lowest BCUT2D eigenvalue weighted by atomic mass is 10.0. The summed E-state index contributed by atoms with van der Waals surface area (Å²) in [6.07, 6.45) is 9.89. The second kappa shape index (κ2) is 11.8. The summed E-state index contributed by atoms with van der Waals surface area (Å²) >= 11 is 0. The average Bonchev–Trinajstić information content (AvgIpc) is 2.45. The van der Waals surface area contributed by atoms with Crippen LogP contribution in [0, 0.1) is 0 Å². The predicted octanol–water partition coefficient (Wildman–Crippen LogP) is 3.33. The fraction of sp³-hybridized carbons (Fsp3) is 1.00. The molecule has 4 nitrogen and oxygen atoms in total. The van der Waals surface area contributed by atoms with Gasteiger partial charge in [0.2, 0.25) is 0 Å². The normalized spacial score (nSPS) is 13.7. The first kappa shape index (κ1) is 19.1. The Hall–Kier alpha value is 0.0569. The van der Waals surface area contributed by atoms with Crippen LogP contribution in [-0.4, -0.2) is 36.2 Å². The van der Waals surface area contributed by atoms with E-state index in [2.05, 4.69) is 6.92 Å². The third-order valence-electron chi connectivity index (χ3n) is 3.68. The molecule has 0 radical (unpaired) electrons. The summed E-state index contributed by atoms with van der Waals surface area (Å²) in [4.78, 5) is 0. The maximum atomic E-state index is 6.14. The minimum Gasteiger partial charge on any atom is -0.377 e. The van der Waals surface area contributed by atoms with Crippen molar-refractivity contribution in [2.75, 3.05) is 21.3 Å². The standard InChI is InChI=1S/C14H33NO3Si/c1-5-6-7-8-9-10-11-14(15)12-13-19(16-2,17-3)18-4/h14H,5-13,15H2,1-4H3. The first-order valence-electron chi connectivity index (χ1n) is 7.55. The molecule has 0 aliphatic heterocycles. The van der Waals surface area contributed by atoms with Crippen molar-refractivity contribution < 1.29 is 13.3 Å². The van der Waals surface area contributed by atoms with Crippen LogP contribution in [0.4, 0.5) is 0 Å². The molecule has 0 aliphatic rings. The van der Waals surface area contributed by atoms with Crippen LogP contribution in [-0.2, 0) is 13.3 Å². The maximum Gasteiger partial charge on any atom is 0.500 e. The van der Waals surface area contributed by atoms with E-state index >= 15 is 0 Å². The van der Waals surface area contributed by atoms with Crippen LogP contribution >= 0.6 is 0 Å². The molecule has 0 saturated heterocycles. The molecule has 2 N–H and O–H groups in total. The van der Waals surface area contributed by atoms with Gasteiger partial charge in [0.15, 0.2) is 0 Å². The second-order valence-corrected chi connectivity index (χ2v) is 8.24. The van der Waals surface area contributed by atoms with Crippen LogP contribution in [0.15, 0.2) is 0 Å². The number of unbranched alkanes of at least 4 members (excludes halogenated alkanes) is 5. The van der Waals surface area contributed by atoms with E-state index in [9.17, 15) is 0 Å². The molecule has 1 atom stereocenters. The summed E-state index contributed by atoms with van der Waals surface area (Å²) < 4.78 is 16.2. The smallest absolute Gasteiger partial charge is 0.377 e. The summed E-state index contributed by atoms with van der Waals surface area (Å²) in [5, 5.41) is 0. The topological polar surface area (TPSA) is 53.7 Å². The average molecular weight is 292 g/mol. The van der Waals surface area contributed by atoms with E-state index in [0.717, 1.165) is 18.9 Å². The van der Waals surface area contributed by atoms with Crippen molar-refractivity contribution in [1.29, 1.82) is 0 Å². The zero-order valence-electron chi connectivity index (χ0n) is 13.2.